The van der Waals surface area contributed by atoms with Crippen molar-refractivity contribution in [1.82, 2.24) is 10.2 Å². The average molecular weight is 280 g/mol. The van der Waals surface area contributed by atoms with Gasteiger partial charge in [-0.05, 0) is 33.4 Å². The van der Waals surface area contributed by atoms with Crippen LogP contribution in [0.4, 0.5) is 0 Å². The van der Waals surface area contributed by atoms with Gasteiger partial charge in [-0.3, -0.25) is 0 Å². The number of nitrogens with zero attached hydrogens (tertiary/aromatic N) is 1. The fraction of sp³-hybridized carbons (Fsp3) is 0.625. The minimum absolute atomic E-state index is 0.117. The van der Waals surface area contributed by atoms with Crippen molar-refractivity contribution in [3.8, 4) is 11.5 Å². The first-order valence-corrected chi connectivity index (χ1v) is 7.30. The molecule has 0 fully saturated rings. The summed E-state index contributed by atoms with van der Waals surface area (Å²) in [4.78, 5) is 2.34. The number of phenolic OH excluding ortho intramolecular Hbond substituents is 1. The van der Waals surface area contributed by atoms with Gasteiger partial charge in [-0.2, -0.15) is 0 Å². The van der Waals surface area contributed by atoms with Crippen LogP contribution in [0.1, 0.15) is 38.8 Å². The third kappa shape index (κ3) is 4.69. The fourth-order valence-electron chi connectivity index (χ4n) is 2.12. The Balaban J connectivity index is 2.49. The summed E-state index contributed by atoms with van der Waals surface area (Å²) in [6.45, 7) is 8.39. The predicted molar refractivity (Wildman–Crippen MR) is 83.5 cm³/mol. The third-order valence-corrected chi connectivity index (χ3v) is 3.96. The first-order chi connectivity index (χ1) is 9.49. The van der Waals surface area contributed by atoms with Crippen LogP contribution in [0.25, 0.3) is 0 Å². The molecule has 1 rings (SSSR count). The van der Waals surface area contributed by atoms with E-state index in [1.54, 1.807) is 13.2 Å². The van der Waals surface area contributed by atoms with Gasteiger partial charge in [-0.25, -0.2) is 0 Å². The zero-order valence-electron chi connectivity index (χ0n) is 13.3. The van der Waals surface area contributed by atoms with Crippen LogP contribution in [0, 0.1) is 0 Å². The molecule has 2 unspecified atom stereocenters. The number of rotatable bonds is 8. The minimum Gasteiger partial charge on any atom is -0.507 e. The molecule has 4 heteroatoms. The number of ether oxygens (including phenoxy) is 1. The van der Waals surface area contributed by atoms with Crippen LogP contribution in [-0.4, -0.2) is 43.3 Å². The minimum atomic E-state index is 0.117. The van der Waals surface area contributed by atoms with Crippen LogP contribution in [-0.2, 0) is 0 Å². The van der Waals surface area contributed by atoms with E-state index in [4.69, 9.17) is 4.74 Å². The van der Waals surface area contributed by atoms with Crippen LogP contribution < -0.4 is 10.1 Å². The highest BCUT2D eigenvalue weighted by Crippen LogP contribution is 2.28. The van der Waals surface area contributed by atoms with Crippen LogP contribution >= 0.6 is 0 Å². The number of nitrogens with one attached hydrogen (secondary N) is 1. The van der Waals surface area contributed by atoms with Crippen molar-refractivity contribution in [2.45, 2.75) is 39.3 Å². The topological polar surface area (TPSA) is 44.7 Å². The van der Waals surface area contributed by atoms with Crippen molar-refractivity contribution in [1.29, 1.82) is 0 Å². The van der Waals surface area contributed by atoms with Crippen LogP contribution in [0.2, 0.25) is 0 Å². The molecule has 0 heterocycles. The van der Waals surface area contributed by atoms with Crippen LogP contribution in [0.3, 0.4) is 0 Å². The summed E-state index contributed by atoms with van der Waals surface area (Å²) >= 11 is 0. The summed E-state index contributed by atoms with van der Waals surface area (Å²) in [5.74, 6) is 0.953. The lowest BCUT2D eigenvalue weighted by Crippen LogP contribution is -2.35. The monoisotopic (exact) mass is 280 g/mol. The highest BCUT2D eigenvalue weighted by Gasteiger charge is 2.12. The van der Waals surface area contributed by atoms with Gasteiger partial charge in [0.15, 0.2) is 0 Å². The van der Waals surface area contributed by atoms with Gasteiger partial charge >= 0.3 is 0 Å². The number of benzene rings is 1. The smallest absolute Gasteiger partial charge is 0.124 e. The molecule has 0 saturated carbocycles. The van der Waals surface area contributed by atoms with E-state index < -0.39 is 0 Å². The molecule has 4 nitrogen and oxygen atoms in total. The predicted octanol–water partition coefficient (Wildman–Crippen LogP) is 2.78. The van der Waals surface area contributed by atoms with Gasteiger partial charge in [-0.1, -0.05) is 13.0 Å². The summed E-state index contributed by atoms with van der Waals surface area (Å²) in [5, 5.41) is 13.4. The second-order valence-corrected chi connectivity index (χ2v) is 5.34. The Hall–Kier alpha value is -1.26. The molecule has 0 aliphatic rings. The lowest BCUT2D eigenvalue weighted by Gasteiger charge is -2.24. The Morgan fingerprint density at radius 3 is 2.60 bits per heavy atom. The standard InChI is InChI=1S/C16H28N2O2/c1-6-12(2)18(4)10-9-17-13(3)15-8-7-14(20-5)11-16(15)19/h7-8,11-13,17,19H,6,9-10H2,1-5H3. The van der Waals surface area contributed by atoms with Gasteiger partial charge < -0.3 is 20.1 Å². The lowest BCUT2D eigenvalue weighted by molar-refractivity contribution is 0.249. The first kappa shape index (κ1) is 16.8. The maximum absolute atomic E-state index is 10.00. The van der Waals surface area contributed by atoms with E-state index in [1.807, 2.05) is 12.1 Å². The molecular formula is C16H28N2O2. The number of methoxy groups -OCH3 is 1. The number of hydrogen-bond donors (Lipinski definition) is 2. The van der Waals surface area contributed by atoms with E-state index in [2.05, 4.69) is 38.0 Å². The summed E-state index contributed by atoms with van der Waals surface area (Å²) < 4.78 is 5.09. The third-order valence-electron chi connectivity index (χ3n) is 3.96. The van der Waals surface area contributed by atoms with E-state index in [9.17, 15) is 5.11 Å². The number of likely N-dealkylation sites (N-methyl/N-ethyl adjacent to an activating group) is 1. The van der Waals surface area contributed by atoms with Gasteiger partial charge in [0.2, 0.25) is 0 Å². The van der Waals surface area contributed by atoms with Crippen molar-refractivity contribution < 1.29 is 9.84 Å². The normalized spacial score (nSPS) is 14.3. The molecule has 1 aromatic rings. The zero-order valence-corrected chi connectivity index (χ0v) is 13.3. The molecule has 0 aliphatic heterocycles. The summed E-state index contributed by atoms with van der Waals surface area (Å²) in [5.41, 5.74) is 0.900. The number of phenols is 1. The van der Waals surface area contributed by atoms with E-state index in [0.717, 1.165) is 25.1 Å². The Labute approximate surface area is 122 Å². The van der Waals surface area contributed by atoms with Crippen molar-refractivity contribution in [2.75, 3.05) is 27.2 Å². The van der Waals surface area contributed by atoms with E-state index >= 15 is 0 Å². The molecule has 2 N–H and O–H groups in total. The maximum atomic E-state index is 10.00. The second-order valence-electron chi connectivity index (χ2n) is 5.34. The van der Waals surface area contributed by atoms with Crippen LogP contribution in [0.5, 0.6) is 11.5 Å². The summed E-state index contributed by atoms with van der Waals surface area (Å²) in [7, 11) is 3.74. The van der Waals surface area contributed by atoms with Crippen molar-refractivity contribution in [2.24, 2.45) is 0 Å². The number of hydrogen-bond acceptors (Lipinski definition) is 4. The molecule has 0 spiro atoms. The Morgan fingerprint density at radius 2 is 2.05 bits per heavy atom. The maximum Gasteiger partial charge on any atom is 0.124 e. The van der Waals surface area contributed by atoms with Gasteiger partial charge in [0.1, 0.15) is 11.5 Å². The molecule has 0 aliphatic carbocycles. The largest absolute Gasteiger partial charge is 0.507 e. The van der Waals surface area contributed by atoms with Gasteiger partial charge in [0, 0.05) is 36.8 Å². The molecule has 0 aromatic heterocycles. The average Bonchev–Trinajstić information content (AvgIpc) is 2.45. The van der Waals surface area contributed by atoms with Gasteiger partial charge in [0.25, 0.3) is 0 Å². The van der Waals surface area contributed by atoms with Crippen molar-refractivity contribution >= 4 is 0 Å². The fourth-order valence-corrected chi connectivity index (χ4v) is 2.12. The molecule has 114 valence electrons. The van der Waals surface area contributed by atoms with E-state index in [-0.39, 0.29) is 11.8 Å². The molecule has 0 saturated heterocycles. The number of aromatic hydroxyl groups is 1. The Bertz CT molecular complexity index is 409. The van der Waals surface area contributed by atoms with E-state index in [1.165, 1.54) is 0 Å². The Kier molecular flexibility index (Phi) is 6.82. The van der Waals surface area contributed by atoms with E-state index in [0.29, 0.717) is 11.8 Å². The molecular weight excluding hydrogens is 252 g/mol. The van der Waals surface area contributed by atoms with Crippen LogP contribution in [0.15, 0.2) is 18.2 Å². The molecule has 1 aromatic carbocycles. The Morgan fingerprint density at radius 1 is 1.35 bits per heavy atom. The molecule has 0 bridgehead atoms. The van der Waals surface area contributed by atoms with Gasteiger partial charge in [-0.15, -0.1) is 0 Å². The summed E-state index contributed by atoms with van der Waals surface area (Å²) in [6.07, 6.45) is 1.16. The molecule has 20 heavy (non-hydrogen) atoms. The van der Waals surface area contributed by atoms with Gasteiger partial charge in [0.05, 0.1) is 7.11 Å². The quantitative estimate of drug-likeness (QED) is 0.768. The van der Waals surface area contributed by atoms with Crippen molar-refractivity contribution in [3.63, 3.8) is 0 Å². The SMILES string of the molecule is CCC(C)N(C)CCNC(C)c1ccc(OC)cc1O. The molecule has 2 atom stereocenters. The molecule has 0 amide bonds. The first-order valence-electron chi connectivity index (χ1n) is 7.30. The van der Waals surface area contributed by atoms with Crippen molar-refractivity contribution in [3.05, 3.63) is 23.8 Å². The zero-order chi connectivity index (χ0) is 15.1. The summed E-state index contributed by atoms with van der Waals surface area (Å²) in [6, 6.07) is 6.15. The highest BCUT2D eigenvalue weighted by molar-refractivity contribution is 5.41. The molecule has 0 radical (unpaired) electrons. The highest BCUT2D eigenvalue weighted by atomic mass is 16.5. The lowest BCUT2D eigenvalue weighted by atomic mass is 10.1. The second kappa shape index (κ2) is 8.12.